The fourth-order valence-corrected chi connectivity index (χ4v) is 2.44. The van der Waals surface area contributed by atoms with Crippen LogP contribution in [0.3, 0.4) is 0 Å². The summed E-state index contributed by atoms with van der Waals surface area (Å²) in [4.78, 5) is 25.2. The maximum absolute atomic E-state index is 12.1. The summed E-state index contributed by atoms with van der Waals surface area (Å²) in [7, 11) is 1.50. The minimum absolute atomic E-state index is 0.0907. The van der Waals surface area contributed by atoms with Crippen molar-refractivity contribution in [3.8, 4) is 0 Å². The Hall–Kier alpha value is -1.30. The van der Waals surface area contributed by atoms with Gasteiger partial charge >= 0.3 is 6.09 Å². The van der Waals surface area contributed by atoms with Crippen molar-refractivity contribution in [3.63, 3.8) is 0 Å². The molecule has 1 aliphatic rings. The van der Waals surface area contributed by atoms with Gasteiger partial charge < -0.3 is 19.7 Å². The lowest BCUT2D eigenvalue weighted by molar-refractivity contribution is -0.124. The Labute approximate surface area is 127 Å². The highest BCUT2D eigenvalue weighted by molar-refractivity contribution is 5.77. The van der Waals surface area contributed by atoms with E-state index in [1.807, 2.05) is 25.7 Å². The molecule has 1 rings (SSSR count). The molecular weight excluding hydrogens is 272 g/mol. The Morgan fingerprint density at radius 2 is 2.05 bits per heavy atom. The largest absolute Gasteiger partial charge is 0.444 e. The molecule has 1 aliphatic heterocycles. The van der Waals surface area contributed by atoms with Gasteiger partial charge in [0, 0.05) is 26.2 Å². The number of amides is 2. The standard InChI is InChI=1S/C15H28N2O4/c1-15(2,3)21-14(19)17-10-6-8-12(17)7-5-9-16-13(18)11-20-4/h12H,5-11H2,1-4H3,(H,16,18)/t12-/m1/s1. The molecule has 0 aliphatic carbocycles. The van der Waals surface area contributed by atoms with Crippen LogP contribution in [-0.4, -0.2) is 55.3 Å². The van der Waals surface area contributed by atoms with Crippen molar-refractivity contribution in [2.45, 2.75) is 58.1 Å². The van der Waals surface area contributed by atoms with Gasteiger partial charge in [0.15, 0.2) is 0 Å². The van der Waals surface area contributed by atoms with Crippen LogP contribution in [0.5, 0.6) is 0 Å². The van der Waals surface area contributed by atoms with Gasteiger partial charge in [-0.15, -0.1) is 0 Å². The normalized spacial score (nSPS) is 18.7. The van der Waals surface area contributed by atoms with E-state index in [4.69, 9.17) is 9.47 Å². The van der Waals surface area contributed by atoms with Crippen molar-refractivity contribution >= 4 is 12.0 Å². The average Bonchev–Trinajstić information content (AvgIpc) is 2.81. The first kappa shape index (κ1) is 17.8. The van der Waals surface area contributed by atoms with Gasteiger partial charge in [0.25, 0.3) is 0 Å². The van der Waals surface area contributed by atoms with Crippen molar-refractivity contribution in [2.24, 2.45) is 0 Å². The lowest BCUT2D eigenvalue weighted by atomic mass is 10.1. The number of hydrogen-bond donors (Lipinski definition) is 1. The molecule has 21 heavy (non-hydrogen) atoms. The zero-order valence-electron chi connectivity index (χ0n) is 13.6. The number of carbonyl (C=O) groups is 2. The van der Waals surface area contributed by atoms with Crippen molar-refractivity contribution in [1.29, 1.82) is 0 Å². The maximum atomic E-state index is 12.1. The molecule has 0 spiro atoms. The van der Waals surface area contributed by atoms with Crippen LogP contribution in [0.1, 0.15) is 46.5 Å². The lowest BCUT2D eigenvalue weighted by Gasteiger charge is -2.28. The molecule has 0 unspecified atom stereocenters. The third-order valence-corrected chi connectivity index (χ3v) is 3.32. The fraction of sp³-hybridized carbons (Fsp3) is 0.867. The van der Waals surface area contributed by atoms with Crippen LogP contribution in [-0.2, 0) is 14.3 Å². The van der Waals surface area contributed by atoms with Crippen LogP contribution in [0, 0.1) is 0 Å². The summed E-state index contributed by atoms with van der Waals surface area (Å²) in [5.74, 6) is -0.104. The minimum Gasteiger partial charge on any atom is -0.444 e. The smallest absolute Gasteiger partial charge is 0.410 e. The second kappa shape index (κ2) is 8.22. The van der Waals surface area contributed by atoms with Crippen LogP contribution in [0.15, 0.2) is 0 Å². The Balaban J connectivity index is 2.30. The first-order chi connectivity index (χ1) is 9.83. The van der Waals surface area contributed by atoms with Gasteiger partial charge in [-0.3, -0.25) is 4.79 Å². The number of hydrogen-bond acceptors (Lipinski definition) is 4. The number of nitrogens with one attached hydrogen (secondary N) is 1. The topological polar surface area (TPSA) is 67.9 Å². The number of carbonyl (C=O) groups excluding carboxylic acids is 2. The van der Waals surface area contributed by atoms with E-state index in [1.54, 1.807) is 0 Å². The molecule has 2 amide bonds. The monoisotopic (exact) mass is 300 g/mol. The number of ether oxygens (including phenoxy) is 2. The summed E-state index contributed by atoms with van der Waals surface area (Å²) in [5.41, 5.74) is -0.460. The second-order valence-corrected chi connectivity index (χ2v) is 6.39. The Morgan fingerprint density at radius 1 is 1.33 bits per heavy atom. The van der Waals surface area contributed by atoms with E-state index in [-0.39, 0.29) is 24.6 Å². The Bertz CT molecular complexity index is 352. The summed E-state index contributed by atoms with van der Waals surface area (Å²) >= 11 is 0. The Morgan fingerprint density at radius 3 is 2.67 bits per heavy atom. The van der Waals surface area contributed by atoms with E-state index >= 15 is 0 Å². The Kier molecular flexibility index (Phi) is 6.95. The zero-order valence-corrected chi connectivity index (χ0v) is 13.6. The van der Waals surface area contributed by atoms with E-state index in [9.17, 15) is 9.59 Å². The molecule has 1 saturated heterocycles. The second-order valence-electron chi connectivity index (χ2n) is 6.39. The van der Waals surface area contributed by atoms with Crippen LogP contribution >= 0.6 is 0 Å². The summed E-state index contributed by atoms with van der Waals surface area (Å²) in [6.45, 7) is 7.09. The fourth-order valence-electron chi connectivity index (χ4n) is 2.44. The van der Waals surface area contributed by atoms with Crippen molar-refractivity contribution in [2.75, 3.05) is 26.8 Å². The minimum atomic E-state index is -0.460. The lowest BCUT2D eigenvalue weighted by Crippen LogP contribution is -2.40. The SMILES string of the molecule is COCC(=O)NCCC[C@@H]1CCCN1C(=O)OC(C)(C)C. The molecule has 122 valence electrons. The van der Waals surface area contributed by atoms with Crippen LogP contribution < -0.4 is 5.32 Å². The molecule has 6 nitrogen and oxygen atoms in total. The highest BCUT2D eigenvalue weighted by atomic mass is 16.6. The van der Waals surface area contributed by atoms with Gasteiger partial charge in [0.2, 0.25) is 5.91 Å². The summed E-state index contributed by atoms with van der Waals surface area (Å²) in [6, 6.07) is 0.221. The average molecular weight is 300 g/mol. The predicted molar refractivity (Wildman–Crippen MR) is 80.1 cm³/mol. The number of likely N-dealkylation sites (tertiary alicyclic amines) is 1. The van der Waals surface area contributed by atoms with Gasteiger partial charge in [-0.25, -0.2) is 4.79 Å². The number of methoxy groups -OCH3 is 1. The first-order valence-electron chi connectivity index (χ1n) is 7.59. The molecule has 0 bridgehead atoms. The maximum Gasteiger partial charge on any atom is 0.410 e. The summed E-state index contributed by atoms with van der Waals surface area (Å²) in [6.07, 6.45) is 3.52. The third-order valence-electron chi connectivity index (χ3n) is 3.32. The molecule has 1 fully saturated rings. The van der Waals surface area contributed by atoms with Gasteiger partial charge in [0.05, 0.1) is 0 Å². The molecule has 0 radical (unpaired) electrons. The van der Waals surface area contributed by atoms with Gasteiger partial charge in [0.1, 0.15) is 12.2 Å². The van der Waals surface area contributed by atoms with Crippen molar-refractivity contribution in [1.82, 2.24) is 10.2 Å². The molecular formula is C15H28N2O4. The van der Waals surface area contributed by atoms with Crippen LogP contribution in [0.2, 0.25) is 0 Å². The summed E-state index contributed by atoms with van der Waals surface area (Å²) in [5, 5.41) is 2.79. The van der Waals surface area contributed by atoms with E-state index in [0.717, 1.165) is 32.2 Å². The highest BCUT2D eigenvalue weighted by Gasteiger charge is 2.31. The quantitative estimate of drug-likeness (QED) is 0.761. The van der Waals surface area contributed by atoms with Gasteiger partial charge in [-0.1, -0.05) is 0 Å². The zero-order chi connectivity index (χ0) is 15.9. The molecule has 0 aromatic carbocycles. The highest BCUT2D eigenvalue weighted by Crippen LogP contribution is 2.23. The first-order valence-corrected chi connectivity index (χ1v) is 7.59. The van der Waals surface area contributed by atoms with Crippen molar-refractivity contribution in [3.05, 3.63) is 0 Å². The van der Waals surface area contributed by atoms with E-state index in [2.05, 4.69) is 5.32 Å². The van der Waals surface area contributed by atoms with Crippen LogP contribution in [0.4, 0.5) is 4.79 Å². The molecule has 0 aromatic rings. The van der Waals surface area contributed by atoms with Crippen LogP contribution in [0.25, 0.3) is 0 Å². The van der Waals surface area contributed by atoms with Gasteiger partial charge in [-0.05, 0) is 46.5 Å². The number of nitrogens with zero attached hydrogens (tertiary/aromatic N) is 1. The van der Waals surface area contributed by atoms with E-state index in [0.29, 0.717) is 6.54 Å². The summed E-state index contributed by atoms with van der Waals surface area (Å²) < 4.78 is 10.2. The molecule has 1 atom stereocenters. The molecule has 0 aromatic heterocycles. The molecule has 0 saturated carbocycles. The molecule has 6 heteroatoms. The predicted octanol–water partition coefficient (Wildman–Crippen LogP) is 1.93. The third kappa shape index (κ3) is 6.80. The number of rotatable bonds is 6. The molecule has 1 heterocycles. The van der Waals surface area contributed by atoms with E-state index < -0.39 is 5.60 Å². The van der Waals surface area contributed by atoms with E-state index in [1.165, 1.54) is 7.11 Å². The molecule has 1 N–H and O–H groups in total. The van der Waals surface area contributed by atoms with Crippen molar-refractivity contribution < 1.29 is 19.1 Å². The van der Waals surface area contributed by atoms with Gasteiger partial charge in [-0.2, -0.15) is 0 Å².